The van der Waals surface area contributed by atoms with Crippen LogP contribution in [-0.2, 0) is 0 Å². The summed E-state index contributed by atoms with van der Waals surface area (Å²) in [6.45, 7) is 1.70. The van der Waals surface area contributed by atoms with Crippen molar-refractivity contribution in [3.63, 3.8) is 0 Å². The third-order valence-electron chi connectivity index (χ3n) is 1.94. The summed E-state index contributed by atoms with van der Waals surface area (Å²) in [4.78, 5) is 27.0. The molecule has 0 aliphatic rings. The molecule has 5 nitrogen and oxygen atoms in total. The van der Waals surface area contributed by atoms with E-state index in [0.29, 0.717) is 5.69 Å². The van der Waals surface area contributed by atoms with Gasteiger partial charge in [-0.3, -0.25) is 9.59 Å². The first-order valence-electron chi connectivity index (χ1n) is 4.38. The van der Waals surface area contributed by atoms with E-state index in [4.69, 9.17) is 5.26 Å². The Balaban J connectivity index is 3.03. The number of carbonyl (C=O) groups is 1. The van der Waals surface area contributed by atoms with E-state index in [1.165, 1.54) is 24.2 Å². The van der Waals surface area contributed by atoms with E-state index in [2.05, 4.69) is 4.98 Å². The Morgan fingerprint density at radius 2 is 2.33 bits per heavy atom. The van der Waals surface area contributed by atoms with Crippen LogP contribution in [-0.4, -0.2) is 29.4 Å². The van der Waals surface area contributed by atoms with Gasteiger partial charge in [0.15, 0.2) is 5.43 Å². The second kappa shape index (κ2) is 4.42. The van der Waals surface area contributed by atoms with Crippen molar-refractivity contribution in [2.45, 2.75) is 6.92 Å². The predicted molar refractivity (Wildman–Crippen MR) is 54.4 cm³/mol. The molecular weight excluding hydrogens is 194 g/mol. The highest BCUT2D eigenvalue weighted by Crippen LogP contribution is 1.97. The van der Waals surface area contributed by atoms with Crippen molar-refractivity contribution in [2.75, 3.05) is 13.6 Å². The van der Waals surface area contributed by atoms with Gasteiger partial charge in [0.1, 0.15) is 12.1 Å². The number of aromatic amines is 1. The molecule has 1 heterocycles. The Kier molecular flexibility index (Phi) is 3.24. The van der Waals surface area contributed by atoms with Crippen molar-refractivity contribution in [3.8, 4) is 6.07 Å². The average molecular weight is 205 g/mol. The fourth-order valence-corrected chi connectivity index (χ4v) is 1.12. The molecule has 0 bridgehead atoms. The summed E-state index contributed by atoms with van der Waals surface area (Å²) in [5.74, 6) is -0.446. The number of nitriles is 1. The molecule has 0 aromatic carbocycles. The maximum absolute atomic E-state index is 11.6. The number of hydrogen-bond donors (Lipinski definition) is 1. The van der Waals surface area contributed by atoms with Gasteiger partial charge in [0.05, 0.1) is 6.07 Å². The predicted octanol–water partition coefficient (Wildman–Crippen LogP) is 0.279. The molecule has 0 atom stereocenters. The van der Waals surface area contributed by atoms with E-state index in [0.717, 1.165) is 0 Å². The summed E-state index contributed by atoms with van der Waals surface area (Å²) in [5.41, 5.74) is 0.416. The summed E-state index contributed by atoms with van der Waals surface area (Å²) in [6.07, 6.45) is 1.37. The van der Waals surface area contributed by atoms with Crippen LogP contribution in [0.3, 0.4) is 0 Å². The summed E-state index contributed by atoms with van der Waals surface area (Å²) in [6, 6.07) is 3.20. The molecule has 0 fully saturated rings. The zero-order valence-electron chi connectivity index (χ0n) is 8.57. The topological polar surface area (TPSA) is 77.0 Å². The zero-order valence-corrected chi connectivity index (χ0v) is 8.57. The van der Waals surface area contributed by atoms with Crippen molar-refractivity contribution in [1.29, 1.82) is 5.26 Å². The highest BCUT2D eigenvalue weighted by Gasteiger charge is 2.14. The lowest BCUT2D eigenvalue weighted by Gasteiger charge is -2.12. The van der Waals surface area contributed by atoms with Gasteiger partial charge >= 0.3 is 0 Å². The van der Waals surface area contributed by atoms with E-state index in [1.54, 1.807) is 6.92 Å². The molecular formula is C10H11N3O2. The van der Waals surface area contributed by atoms with E-state index >= 15 is 0 Å². The largest absolute Gasteiger partial charge is 0.364 e. The van der Waals surface area contributed by atoms with Crippen molar-refractivity contribution in [2.24, 2.45) is 0 Å². The van der Waals surface area contributed by atoms with Gasteiger partial charge in [0, 0.05) is 25.0 Å². The first kappa shape index (κ1) is 11.0. The fourth-order valence-electron chi connectivity index (χ4n) is 1.12. The molecule has 1 N–H and O–H groups in total. The van der Waals surface area contributed by atoms with Crippen LogP contribution in [0.1, 0.15) is 16.1 Å². The minimum atomic E-state index is -0.446. The number of amides is 1. The van der Waals surface area contributed by atoms with Gasteiger partial charge < -0.3 is 9.88 Å². The summed E-state index contributed by atoms with van der Waals surface area (Å²) in [5, 5.41) is 8.42. The third kappa shape index (κ3) is 2.44. The second-order valence-corrected chi connectivity index (χ2v) is 3.21. The molecule has 0 spiro atoms. The molecule has 78 valence electrons. The molecule has 0 saturated heterocycles. The Labute approximate surface area is 87.0 Å². The van der Waals surface area contributed by atoms with Crippen molar-refractivity contribution >= 4 is 5.91 Å². The van der Waals surface area contributed by atoms with Crippen LogP contribution in [0.15, 0.2) is 17.1 Å². The monoisotopic (exact) mass is 205 g/mol. The lowest BCUT2D eigenvalue weighted by molar-refractivity contribution is 0.0810. The standard InChI is InChI=1S/C10H11N3O2/c1-7-5-9(14)8(6-12-7)10(15)13(2)4-3-11/h5-6H,4H2,1-2H3,(H,12,14). The smallest absolute Gasteiger partial charge is 0.259 e. The third-order valence-corrected chi connectivity index (χ3v) is 1.94. The summed E-state index contributed by atoms with van der Waals surface area (Å²) < 4.78 is 0. The number of pyridine rings is 1. The van der Waals surface area contributed by atoms with E-state index in [9.17, 15) is 9.59 Å². The number of hydrogen-bond acceptors (Lipinski definition) is 3. The quantitative estimate of drug-likeness (QED) is 0.704. The molecule has 0 radical (unpaired) electrons. The fraction of sp³-hybridized carbons (Fsp3) is 0.300. The van der Waals surface area contributed by atoms with Gasteiger partial charge in [-0.2, -0.15) is 5.26 Å². The van der Waals surface area contributed by atoms with Gasteiger partial charge in [-0.05, 0) is 6.92 Å². The lowest BCUT2D eigenvalue weighted by atomic mass is 10.2. The van der Waals surface area contributed by atoms with Crippen LogP contribution in [0.25, 0.3) is 0 Å². The number of carbonyl (C=O) groups excluding carboxylic acids is 1. The highest BCUT2D eigenvalue weighted by molar-refractivity contribution is 5.93. The molecule has 1 aromatic rings. The molecule has 1 rings (SSSR count). The van der Waals surface area contributed by atoms with Crippen LogP contribution in [0.4, 0.5) is 0 Å². The average Bonchev–Trinajstić information content (AvgIpc) is 2.17. The normalized spacial score (nSPS) is 9.40. The van der Waals surface area contributed by atoms with Gasteiger partial charge in [0.25, 0.3) is 5.91 Å². The molecule has 0 aliphatic heterocycles. The van der Waals surface area contributed by atoms with Gasteiger partial charge in [0.2, 0.25) is 0 Å². The number of H-pyrrole nitrogens is 1. The summed E-state index contributed by atoms with van der Waals surface area (Å²) in [7, 11) is 1.48. The molecule has 0 aliphatic carbocycles. The van der Waals surface area contributed by atoms with Gasteiger partial charge in [-0.25, -0.2) is 0 Å². The van der Waals surface area contributed by atoms with E-state index < -0.39 is 5.91 Å². The lowest BCUT2D eigenvalue weighted by Crippen LogP contribution is -2.31. The number of nitrogens with zero attached hydrogens (tertiary/aromatic N) is 2. The summed E-state index contributed by atoms with van der Waals surface area (Å²) >= 11 is 0. The van der Waals surface area contributed by atoms with Crippen molar-refractivity contribution < 1.29 is 4.79 Å². The van der Waals surface area contributed by atoms with E-state index in [-0.39, 0.29) is 17.5 Å². The Morgan fingerprint density at radius 3 is 2.87 bits per heavy atom. The molecule has 15 heavy (non-hydrogen) atoms. The van der Waals surface area contributed by atoms with E-state index in [1.807, 2.05) is 6.07 Å². The number of rotatable bonds is 2. The molecule has 5 heteroatoms. The maximum atomic E-state index is 11.6. The zero-order chi connectivity index (χ0) is 11.4. The number of aryl methyl sites for hydroxylation is 1. The Morgan fingerprint density at radius 1 is 1.67 bits per heavy atom. The maximum Gasteiger partial charge on any atom is 0.259 e. The Hall–Kier alpha value is -2.09. The van der Waals surface area contributed by atoms with Crippen molar-refractivity contribution in [1.82, 2.24) is 9.88 Å². The number of nitrogens with one attached hydrogen (secondary N) is 1. The minimum Gasteiger partial charge on any atom is -0.364 e. The molecule has 1 amide bonds. The first-order valence-corrected chi connectivity index (χ1v) is 4.38. The second-order valence-electron chi connectivity index (χ2n) is 3.21. The minimum absolute atomic E-state index is 0.0356. The van der Waals surface area contributed by atoms with Crippen LogP contribution >= 0.6 is 0 Å². The molecule has 0 unspecified atom stereocenters. The van der Waals surface area contributed by atoms with Crippen LogP contribution in [0.2, 0.25) is 0 Å². The Bertz CT molecular complexity index is 470. The van der Waals surface area contributed by atoms with Crippen LogP contribution in [0, 0.1) is 18.3 Å². The van der Waals surface area contributed by atoms with Crippen molar-refractivity contribution in [3.05, 3.63) is 33.7 Å². The highest BCUT2D eigenvalue weighted by atomic mass is 16.2. The molecule has 1 aromatic heterocycles. The van der Waals surface area contributed by atoms with Gasteiger partial charge in [-0.15, -0.1) is 0 Å². The van der Waals surface area contributed by atoms with Gasteiger partial charge in [-0.1, -0.05) is 0 Å². The number of aromatic nitrogens is 1. The SMILES string of the molecule is Cc1cc(=O)c(C(=O)N(C)CC#N)c[nH]1. The molecule has 0 saturated carbocycles. The first-order chi connectivity index (χ1) is 7.06. The van der Waals surface area contributed by atoms with Crippen LogP contribution < -0.4 is 5.43 Å². The van der Waals surface area contributed by atoms with Crippen LogP contribution in [0.5, 0.6) is 0 Å².